The van der Waals surface area contributed by atoms with Crippen molar-refractivity contribution in [2.24, 2.45) is 0 Å². The smallest absolute Gasteiger partial charge is 0.193 e. The number of thiophene rings is 1. The first-order valence-electron chi connectivity index (χ1n) is 4.05. The summed E-state index contributed by atoms with van der Waals surface area (Å²) in [7, 11) is 0. The summed E-state index contributed by atoms with van der Waals surface area (Å²) >= 11 is 1.45. The van der Waals surface area contributed by atoms with Gasteiger partial charge >= 0.3 is 0 Å². The van der Waals surface area contributed by atoms with E-state index in [0.29, 0.717) is 18.1 Å². The molecule has 0 N–H and O–H groups in total. The van der Waals surface area contributed by atoms with Crippen LogP contribution < -0.4 is 0 Å². The van der Waals surface area contributed by atoms with Gasteiger partial charge in [0, 0.05) is 0 Å². The van der Waals surface area contributed by atoms with Crippen LogP contribution in [0.3, 0.4) is 0 Å². The van der Waals surface area contributed by atoms with Crippen molar-refractivity contribution >= 4 is 11.3 Å². The Morgan fingerprint density at radius 3 is 2.77 bits per heavy atom. The number of nitrogens with zero attached hydrogens (tertiary/aromatic N) is 1. The van der Waals surface area contributed by atoms with Gasteiger partial charge < -0.3 is 9.47 Å². The second kappa shape index (κ2) is 3.46. The summed E-state index contributed by atoms with van der Waals surface area (Å²) in [5.41, 5.74) is 1.08. The normalized spacial score (nSPS) is 17.5. The van der Waals surface area contributed by atoms with E-state index in [1.165, 1.54) is 11.3 Å². The van der Waals surface area contributed by atoms with Crippen LogP contribution in [0.5, 0.6) is 0 Å². The minimum Gasteiger partial charge on any atom is -0.345 e. The molecule has 1 aliphatic heterocycles. The van der Waals surface area contributed by atoms with Crippen molar-refractivity contribution in [1.29, 1.82) is 5.26 Å². The highest BCUT2D eigenvalue weighted by Crippen LogP contribution is 2.32. The number of aryl methyl sites for hydroxylation is 1. The molecular formula is C9H9NO2S. The standard InChI is InChI=1S/C9H9NO2S/c1-6-4-7(5-10)13-8(6)9-11-2-3-12-9/h4,9H,2-3H2,1H3. The van der Waals surface area contributed by atoms with E-state index in [0.717, 1.165) is 10.4 Å². The Hall–Kier alpha value is -0.890. The molecule has 1 saturated heterocycles. The van der Waals surface area contributed by atoms with E-state index in [2.05, 4.69) is 6.07 Å². The van der Waals surface area contributed by atoms with Gasteiger partial charge in [0.25, 0.3) is 0 Å². The predicted octanol–water partition coefficient (Wildman–Crippen LogP) is 1.97. The quantitative estimate of drug-likeness (QED) is 0.688. The lowest BCUT2D eigenvalue weighted by atomic mass is 10.2. The van der Waals surface area contributed by atoms with Crippen molar-refractivity contribution in [3.63, 3.8) is 0 Å². The first kappa shape index (κ1) is 8.70. The third-order valence-electron chi connectivity index (χ3n) is 1.90. The third kappa shape index (κ3) is 1.59. The molecule has 0 aliphatic carbocycles. The summed E-state index contributed by atoms with van der Waals surface area (Å²) < 4.78 is 10.7. The van der Waals surface area contributed by atoms with Crippen molar-refractivity contribution in [2.75, 3.05) is 13.2 Å². The molecule has 68 valence electrons. The number of hydrogen-bond acceptors (Lipinski definition) is 4. The maximum atomic E-state index is 8.70. The van der Waals surface area contributed by atoms with Crippen molar-refractivity contribution in [3.05, 3.63) is 21.4 Å². The fraction of sp³-hybridized carbons (Fsp3) is 0.444. The molecule has 1 aromatic heterocycles. The van der Waals surface area contributed by atoms with Gasteiger partial charge in [0.1, 0.15) is 10.9 Å². The molecule has 3 nitrogen and oxygen atoms in total. The highest BCUT2D eigenvalue weighted by molar-refractivity contribution is 7.12. The second-order valence-corrected chi connectivity index (χ2v) is 3.93. The average molecular weight is 195 g/mol. The van der Waals surface area contributed by atoms with Gasteiger partial charge in [0.05, 0.1) is 18.1 Å². The molecule has 0 aromatic carbocycles. The van der Waals surface area contributed by atoms with Gasteiger partial charge in [-0.05, 0) is 18.6 Å². The Labute approximate surface area is 80.5 Å². The number of rotatable bonds is 1. The fourth-order valence-electron chi connectivity index (χ4n) is 1.30. The summed E-state index contributed by atoms with van der Waals surface area (Å²) in [6.45, 7) is 3.26. The minimum atomic E-state index is -0.243. The van der Waals surface area contributed by atoms with Gasteiger partial charge in [0.15, 0.2) is 6.29 Å². The van der Waals surface area contributed by atoms with Crippen LogP contribution in [0.4, 0.5) is 0 Å². The van der Waals surface area contributed by atoms with E-state index in [-0.39, 0.29) is 6.29 Å². The van der Waals surface area contributed by atoms with Crippen LogP contribution >= 0.6 is 11.3 Å². The van der Waals surface area contributed by atoms with Crippen LogP contribution in [-0.4, -0.2) is 13.2 Å². The molecular weight excluding hydrogens is 186 g/mol. The summed E-state index contributed by atoms with van der Waals surface area (Å²) in [4.78, 5) is 1.74. The number of ether oxygens (including phenoxy) is 2. The van der Waals surface area contributed by atoms with Crippen LogP contribution in [0.2, 0.25) is 0 Å². The first-order chi connectivity index (χ1) is 6.31. The van der Waals surface area contributed by atoms with E-state index >= 15 is 0 Å². The van der Waals surface area contributed by atoms with E-state index < -0.39 is 0 Å². The van der Waals surface area contributed by atoms with Crippen LogP contribution in [0.15, 0.2) is 6.07 Å². The van der Waals surface area contributed by atoms with Crippen molar-refractivity contribution < 1.29 is 9.47 Å². The van der Waals surface area contributed by atoms with Crippen molar-refractivity contribution in [3.8, 4) is 6.07 Å². The van der Waals surface area contributed by atoms with Crippen LogP contribution in [0, 0.1) is 18.3 Å². The largest absolute Gasteiger partial charge is 0.345 e. The van der Waals surface area contributed by atoms with Gasteiger partial charge in [-0.25, -0.2) is 0 Å². The minimum absolute atomic E-state index is 0.243. The van der Waals surface area contributed by atoms with Gasteiger partial charge in [-0.1, -0.05) is 0 Å². The average Bonchev–Trinajstić information content (AvgIpc) is 2.72. The lowest BCUT2D eigenvalue weighted by Gasteiger charge is -2.06. The molecule has 0 atom stereocenters. The number of hydrogen-bond donors (Lipinski definition) is 0. The molecule has 0 amide bonds. The summed E-state index contributed by atoms with van der Waals surface area (Å²) in [5.74, 6) is 0. The molecule has 1 aromatic rings. The van der Waals surface area contributed by atoms with Crippen LogP contribution in [0.1, 0.15) is 21.6 Å². The van der Waals surface area contributed by atoms with Gasteiger partial charge in [0.2, 0.25) is 0 Å². The Morgan fingerprint density at radius 1 is 1.54 bits per heavy atom. The zero-order chi connectivity index (χ0) is 9.26. The zero-order valence-corrected chi connectivity index (χ0v) is 8.06. The zero-order valence-electron chi connectivity index (χ0n) is 7.24. The van der Waals surface area contributed by atoms with E-state index in [1.807, 2.05) is 13.0 Å². The first-order valence-corrected chi connectivity index (χ1v) is 4.86. The van der Waals surface area contributed by atoms with E-state index in [4.69, 9.17) is 14.7 Å². The fourth-order valence-corrected chi connectivity index (χ4v) is 2.27. The maximum Gasteiger partial charge on any atom is 0.193 e. The molecule has 1 aliphatic rings. The monoisotopic (exact) mass is 195 g/mol. The molecule has 13 heavy (non-hydrogen) atoms. The SMILES string of the molecule is Cc1cc(C#N)sc1C1OCCO1. The lowest BCUT2D eigenvalue weighted by Crippen LogP contribution is -1.95. The summed E-state index contributed by atoms with van der Waals surface area (Å²) in [6, 6.07) is 3.99. The Balaban J connectivity index is 2.29. The molecule has 0 radical (unpaired) electrons. The van der Waals surface area contributed by atoms with Crippen molar-refractivity contribution in [2.45, 2.75) is 13.2 Å². The van der Waals surface area contributed by atoms with E-state index in [1.54, 1.807) is 0 Å². The molecule has 1 fully saturated rings. The highest BCUT2D eigenvalue weighted by atomic mass is 32.1. The molecule has 2 heterocycles. The molecule has 4 heteroatoms. The topological polar surface area (TPSA) is 42.2 Å². The lowest BCUT2D eigenvalue weighted by molar-refractivity contribution is -0.0417. The Bertz CT molecular complexity index is 347. The molecule has 0 unspecified atom stereocenters. The summed E-state index contributed by atoms with van der Waals surface area (Å²) in [6.07, 6.45) is -0.243. The van der Waals surface area contributed by atoms with Crippen LogP contribution in [-0.2, 0) is 9.47 Å². The highest BCUT2D eigenvalue weighted by Gasteiger charge is 2.22. The maximum absolute atomic E-state index is 8.70. The molecule has 0 spiro atoms. The third-order valence-corrected chi connectivity index (χ3v) is 3.07. The van der Waals surface area contributed by atoms with Gasteiger partial charge in [-0.15, -0.1) is 11.3 Å². The van der Waals surface area contributed by atoms with Gasteiger partial charge in [-0.2, -0.15) is 5.26 Å². The van der Waals surface area contributed by atoms with E-state index in [9.17, 15) is 0 Å². The predicted molar refractivity (Wildman–Crippen MR) is 48.4 cm³/mol. The molecule has 2 rings (SSSR count). The van der Waals surface area contributed by atoms with Crippen molar-refractivity contribution in [1.82, 2.24) is 0 Å². The molecule has 0 saturated carbocycles. The van der Waals surface area contributed by atoms with Gasteiger partial charge in [-0.3, -0.25) is 0 Å². The molecule has 0 bridgehead atoms. The Kier molecular flexibility index (Phi) is 2.32. The Morgan fingerprint density at radius 2 is 2.23 bits per heavy atom. The summed E-state index contributed by atoms with van der Waals surface area (Å²) in [5, 5.41) is 8.70. The van der Waals surface area contributed by atoms with Crippen LogP contribution in [0.25, 0.3) is 0 Å². The number of nitriles is 1. The second-order valence-electron chi connectivity index (χ2n) is 2.84.